The zero-order chi connectivity index (χ0) is 26.2. The fourth-order valence-electron chi connectivity index (χ4n) is 5.29. The van der Waals surface area contributed by atoms with Crippen molar-refractivity contribution in [3.8, 4) is 11.5 Å². The van der Waals surface area contributed by atoms with Gasteiger partial charge in [-0.05, 0) is 73.0 Å². The topological polar surface area (TPSA) is 55.1 Å². The molecule has 190 valence electrons. The Bertz CT molecular complexity index is 1620. The van der Waals surface area contributed by atoms with Gasteiger partial charge in [-0.25, -0.2) is 13.9 Å². The number of rotatable bonds is 4. The average molecular weight is 506 g/mol. The lowest BCUT2D eigenvalue weighted by Gasteiger charge is -2.31. The molecule has 0 aliphatic carbocycles. The molecule has 1 atom stereocenters. The molecule has 3 aromatic carbocycles. The summed E-state index contributed by atoms with van der Waals surface area (Å²) in [6.45, 7) is 4.37. The molecule has 38 heavy (non-hydrogen) atoms. The summed E-state index contributed by atoms with van der Waals surface area (Å²) in [5.74, 6) is 0.548. The lowest BCUT2D eigenvalue weighted by atomic mass is 10.0. The molecule has 1 N–H and O–H groups in total. The summed E-state index contributed by atoms with van der Waals surface area (Å²) >= 11 is 0. The van der Waals surface area contributed by atoms with Crippen LogP contribution in [0, 0.1) is 12.7 Å². The second-order valence-corrected chi connectivity index (χ2v) is 9.54. The summed E-state index contributed by atoms with van der Waals surface area (Å²) in [7, 11) is 0. The van der Waals surface area contributed by atoms with Crippen LogP contribution >= 0.6 is 0 Å². The largest absolute Gasteiger partial charge is 0.322 e. The first-order chi connectivity index (χ1) is 18.5. The van der Waals surface area contributed by atoms with Crippen molar-refractivity contribution in [3.05, 3.63) is 131 Å². The van der Waals surface area contributed by atoms with Gasteiger partial charge in [0.1, 0.15) is 11.6 Å². The Balaban J connectivity index is 1.56. The van der Waals surface area contributed by atoms with Crippen LogP contribution in [-0.4, -0.2) is 25.3 Å². The normalized spacial score (nSPS) is 14.5. The molecule has 0 spiro atoms. The van der Waals surface area contributed by atoms with Crippen LogP contribution in [0.2, 0.25) is 0 Å². The van der Waals surface area contributed by atoms with Gasteiger partial charge in [0.25, 0.3) is 0 Å². The summed E-state index contributed by atoms with van der Waals surface area (Å²) in [5.41, 5.74) is 6.13. The molecule has 0 radical (unpaired) electrons. The quantitative estimate of drug-likeness (QED) is 0.292. The van der Waals surface area contributed by atoms with Gasteiger partial charge in [0, 0.05) is 17.4 Å². The number of hydrogen-bond donors (Lipinski definition) is 1. The van der Waals surface area contributed by atoms with Crippen LogP contribution < -0.4 is 5.32 Å². The number of halogens is 1. The number of carbonyl (C=O) groups excluding carboxylic acids is 1. The monoisotopic (exact) mass is 505 g/mol. The summed E-state index contributed by atoms with van der Waals surface area (Å²) in [6.07, 6.45) is 2.69. The van der Waals surface area contributed by atoms with Crippen molar-refractivity contribution in [1.29, 1.82) is 0 Å². The molecule has 0 unspecified atom stereocenters. The van der Waals surface area contributed by atoms with Crippen LogP contribution in [0.5, 0.6) is 0 Å². The molecule has 6 nitrogen and oxygen atoms in total. The highest BCUT2D eigenvalue weighted by atomic mass is 19.1. The van der Waals surface area contributed by atoms with E-state index in [9.17, 15) is 9.18 Å². The number of aromatic nitrogens is 3. The third-order valence-corrected chi connectivity index (χ3v) is 7.00. The highest BCUT2D eigenvalue weighted by molar-refractivity contribution is 5.90. The van der Waals surface area contributed by atoms with E-state index in [-0.39, 0.29) is 11.8 Å². The van der Waals surface area contributed by atoms with E-state index in [2.05, 4.69) is 16.8 Å². The van der Waals surface area contributed by atoms with Gasteiger partial charge in [0.2, 0.25) is 0 Å². The third kappa shape index (κ3) is 4.16. The molecule has 7 heteroatoms. The minimum atomic E-state index is -0.521. The number of para-hydroxylation sites is 1. The first kappa shape index (κ1) is 23.7. The zero-order valence-electron chi connectivity index (χ0n) is 21.3. The minimum Gasteiger partial charge on any atom is -0.308 e. The van der Waals surface area contributed by atoms with Gasteiger partial charge in [0.15, 0.2) is 0 Å². The number of anilines is 1. The van der Waals surface area contributed by atoms with Crippen LogP contribution in [0.15, 0.2) is 97.2 Å². The van der Waals surface area contributed by atoms with Crippen molar-refractivity contribution >= 4 is 11.7 Å². The van der Waals surface area contributed by atoms with E-state index in [4.69, 9.17) is 5.10 Å². The Morgan fingerprint density at radius 2 is 1.82 bits per heavy atom. The molecular formula is C31H28FN5O. The maximum atomic E-state index is 14.5. The highest BCUT2D eigenvalue weighted by Crippen LogP contribution is 2.39. The molecule has 0 saturated heterocycles. The van der Waals surface area contributed by atoms with Crippen molar-refractivity contribution < 1.29 is 9.18 Å². The molecule has 2 aromatic heterocycles. The van der Waals surface area contributed by atoms with Crippen molar-refractivity contribution in [2.75, 3.05) is 5.32 Å². The fourth-order valence-corrected chi connectivity index (χ4v) is 5.29. The number of urea groups is 1. The van der Waals surface area contributed by atoms with Crippen LogP contribution in [0.25, 0.3) is 11.5 Å². The number of nitrogens with zero attached hydrogens (tertiary/aromatic N) is 4. The number of hydrogen-bond acceptors (Lipinski definition) is 2. The molecule has 1 aliphatic heterocycles. The third-order valence-electron chi connectivity index (χ3n) is 7.00. The van der Waals surface area contributed by atoms with Crippen molar-refractivity contribution in [2.45, 2.75) is 32.9 Å². The Morgan fingerprint density at radius 3 is 2.58 bits per heavy atom. The maximum absolute atomic E-state index is 14.5. The zero-order valence-corrected chi connectivity index (χ0v) is 21.3. The Labute approximate surface area is 221 Å². The molecule has 6 rings (SSSR count). The van der Waals surface area contributed by atoms with E-state index in [1.807, 2.05) is 90.6 Å². The second kappa shape index (κ2) is 9.67. The minimum absolute atomic E-state index is 0.264. The van der Waals surface area contributed by atoms with Gasteiger partial charge >= 0.3 is 6.03 Å². The van der Waals surface area contributed by atoms with Crippen LogP contribution in [-0.2, 0) is 13.0 Å². The average Bonchev–Trinajstić information content (AvgIpc) is 3.50. The van der Waals surface area contributed by atoms with E-state index in [1.165, 1.54) is 12.1 Å². The van der Waals surface area contributed by atoms with Crippen LogP contribution in [0.1, 0.15) is 41.0 Å². The molecule has 0 bridgehead atoms. The van der Waals surface area contributed by atoms with E-state index in [0.29, 0.717) is 24.2 Å². The first-order valence-electron chi connectivity index (χ1n) is 12.8. The number of amides is 2. The summed E-state index contributed by atoms with van der Waals surface area (Å²) in [5, 5.41) is 8.06. The van der Waals surface area contributed by atoms with Crippen LogP contribution in [0.3, 0.4) is 0 Å². The summed E-state index contributed by atoms with van der Waals surface area (Å²) in [4.78, 5) is 15.8. The molecule has 3 heterocycles. The predicted octanol–water partition coefficient (Wildman–Crippen LogP) is 6.81. The van der Waals surface area contributed by atoms with Crippen molar-refractivity contribution in [3.63, 3.8) is 0 Å². The van der Waals surface area contributed by atoms with Gasteiger partial charge in [0.05, 0.1) is 29.7 Å². The number of benzene rings is 3. The Hall–Kier alpha value is -4.65. The molecule has 2 amide bonds. The van der Waals surface area contributed by atoms with Gasteiger partial charge in [-0.2, -0.15) is 5.10 Å². The molecule has 1 aliphatic rings. The first-order valence-corrected chi connectivity index (χ1v) is 12.8. The van der Waals surface area contributed by atoms with Gasteiger partial charge in [-0.3, -0.25) is 0 Å². The predicted molar refractivity (Wildman–Crippen MR) is 146 cm³/mol. The standard InChI is InChI=1S/C31H28FN5O/c1-3-27-26-20-36(31(38)33-24-13-7-10-21(2)18-24)29(22-11-8-12-23(32)19-22)28-16-9-17-35(28)30(26)37(34-27)25-14-5-4-6-15-25/h4-19,29H,3,20H2,1-2H3,(H,33,38)/t29-/m1/s1. The van der Waals surface area contributed by atoms with Crippen LogP contribution in [0.4, 0.5) is 14.9 Å². The van der Waals surface area contributed by atoms with E-state index >= 15 is 0 Å². The second-order valence-electron chi connectivity index (χ2n) is 9.54. The number of nitrogens with one attached hydrogen (secondary N) is 1. The van der Waals surface area contributed by atoms with Gasteiger partial charge in [-0.15, -0.1) is 0 Å². The number of carbonyl (C=O) groups is 1. The Morgan fingerprint density at radius 1 is 1.00 bits per heavy atom. The van der Waals surface area contributed by atoms with Crippen molar-refractivity contribution in [1.82, 2.24) is 19.2 Å². The lowest BCUT2D eigenvalue weighted by molar-refractivity contribution is 0.194. The van der Waals surface area contributed by atoms with Crippen molar-refractivity contribution in [2.24, 2.45) is 0 Å². The van der Waals surface area contributed by atoms with Gasteiger partial charge in [-0.1, -0.05) is 49.4 Å². The van der Waals surface area contributed by atoms with E-state index in [0.717, 1.165) is 34.0 Å². The van der Waals surface area contributed by atoms with E-state index < -0.39 is 6.04 Å². The number of fused-ring (bicyclic) bond motifs is 3. The molecule has 0 saturated carbocycles. The smallest absolute Gasteiger partial charge is 0.308 e. The lowest BCUT2D eigenvalue weighted by Crippen LogP contribution is -2.38. The summed E-state index contributed by atoms with van der Waals surface area (Å²) in [6, 6.07) is 27.4. The fraction of sp³-hybridized carbons (Fsp3) is 0.161. The summed E-state index contributed by atoms with van der Waals surface area (Å²) < 4.78 is 18.5. The molecule has 5 aromatic rings. The molecule has 0 fully saturated rings. The molecular weight excluding hydrogens is 477 g/mol. The van der Waals surface area contributed by atoms with E-state index in [1.54, 1.807) is 11.0 Å². The SMILES string of the molecule is CCc1nn(-c2ccccc2)c2c1CN(C(=O)Nc1cccc(C)c1)[C@H](c1cccc(F)c1)c1cccn1-2. The maximum Gasteiger partial charge on any atom is 0.322 e. The van der Waals surface area contributed by atoms with Gasteiger partial charge < -0.3 is 14.8 Å². The highest BCUT2D eigenvalue weighted by Gasteiger charge is 2.36. The Kier molecular flexibility index (Phi) is 6.04. The number of aryl methyl sites for hydroxylation is 2.